The molecular formula is C13H26N2O. The van der Waals surface area contributed by atoms with Crippen LogP contribution in [0.25, 0.3) is 0 Å². The van der Waals surface area contributed by atoms with Gasteiger partial charge in [0.2, 0.25) is 0 Å². The Morgan fingerprint density at radius 2 is 2.12 bits per heavy atom. The summed E-state index contributed by atoms with van der Waals surface area (Å²) in [6, 6.07) is 0.596. The molecule has 2 aliphatic rings. The van der Waals surface area contributed by atoms with Gasteiger partial charge in [-0.1, -0.05) is 20.8 Å². The first kappa shape index (κ1) is 12.3. The minimum Gasteiger partial charge on any atom is -0.379 e. The fraction of sp³-hybridized carbons (Fsp3) is 1.00. The van der Waals surface area contributed by atoms with Crippen LogP contribution in [0, 0.1) is 5.41 Å². The van der Waals surface area contributed by atoms with Gasteiger partial charge in [0.05, 0.1) is 6.61 Å². The molecule has 2 aliphatic heterocycles. The third kappa shape index (κ3) is 2.41. The van der Waals surface area contributed by atoms with Gasteiger partial charge < -0.3 is 10.1 Å². The van der Waals surface area contributed by atoms with E-state index in [1.807, 2.05) is 0 Å². The summed E-state index contributed by atoms with van der Waals surface area (Å²) >= 11 is 0. The van der Waals surface area contributed by atoms with Crippen molar-refractivity contribution in [1.82, 2.24) is 10.2 Å². The summed E-state index contributed by atoms with van der Waals surface area (Å²) in [5, 5.41) is 3.65. The van der Waals surface area contributed by atoms with Crippen molar-refractivity contribution in [2.45, 2.75) is 45.7 Å². The number of hydrogen-bond acceptors (Lipinski definition) is 3. The first-order valence-corrected chi connectivity index (χ1v) is 6.48. The molecule has 3 nitrogen and oxygen atoms in total. The summed E-state index contributed by atoms with van der Waals surface area (Å²) in [5.41, 5.74) is 0.625. The largest absolute Gasteiger partial charge is 0.379 e. The van der Waals surface area contributed by atoms with Crippen LogP contribution >= 0.6 is 0 Å². The van der Waals surface area contributed by atoms with Gasteiger partial charge in [0, 0.05) is 37.8 Å². The van der Waals surface area contributed by atoms with Crippen molar-refractivity contribution in [3.63, 3.8) is 0 Å². The number of nitrogens with zero attached hydrogens (tertiary/aromatic N) is 1. The Morgan fingerprint density at radius 3 is 2.69 bits per heavy atom. The molecule has 94 valence electrons. The van der Waals surface area contributed by atoms with Crippen molar-refractivity contribution in [2.75, 3.05) is 32.8 Å². The van der Waals surface area contributed by atoms with E-state index in [0.717, 1.165) is 32.8 Å². The van der Waals surface area contributed by atoms with Crippen molar-refractivity contribution in [3.05, 3.63) is 0 Å². The van der Waals surface area contributed by atoms with Crippen LogP contribution < -0.4 is 5.32 Å². The first-order chi connectivity index (χ1) is 7.42. The van der Waals surface area contributed by atoms with E-state index in [1.54, 1.807) is 0 Å². The lowest BCUT2D eigenvalue weighted by Crippen LogP contribution is -2.61. The number of nitrogens with one attached hydrogen (secondary N) is 1. The highest BCUT2D eigenvalue weighted by Gasteiger charge is 2.40. The van der Waals surface area contributed by atoms with Crippen LogP contribution in [0.5, 0.6) is 0 Å². The lowest BCUT2D eigenvalue weighted by Gasteiger charge is -2.46. The van der Waals surface area contributed by atoms with E-state index in [1.165, 1.54) is 6.42 Å². The van der Waals surface area contributed by atoms with Crippen molar-refractivity contribution < 1.29 is 4.74 Å². The average molecular weight is 226 g/mol. The fourth-order valence-electron chi connectivity index (χ4n) is 2.73. The molecule has 0 aromatic carbocycles. The van der Waals surface area contributed by atoms with E-state index < -0.39 is 0 Å². The van der Waals surface area contributed by atoms with Crippen LogP contribution in [0.15, 0.2) is 0 Å². The quantitative estimate of drug-likeness (QED) is 0.733. The molecule has 2 fully saturated rings. The fourth-order valence-corrected chi connectivity index (χ4v) is 2.73. The van der Waals surface area contributed by atoms with Crippen molar-refractivity contribution in [3.8, 4) is 0 Å². The number of ether oxygens (including phenoxy) is 1. The molecule has 0 aliphatic carbocycles. The Labute approximate surface area is 99.5 Å². The maximum atomic E-state index is 5.57. The topological polar surface area (TPSA) is 24.5 Å². The second kappa shape index (κ2) is 4.28. The molecule has 1 N–H and O–H groups in total. The molecule has 0 saturated carbocycles. The molecule has 0 spiro atoms. The van der Waals surface area contributed by atoms with E-state index in [4.69, 9.17) is 4.74 Å². The minimum absolute atomic E-state index is 0.283. The Kier molecular flexibility index (Phi) is 3.30. The third-order valence-corrected chi connectivity index (χ3v) is 4.18. The van der Waals surface area contributed by atoms with Gasteiger partial charge in [-0.3, -0.25) is 4.90 Å². The summed E-state index contributed by atoms with van der Waals surface area (Å²) in [6.45, 7) is 14.6. The smallest absolute Gasteiger partial charge is 0.0648 e. The highest BCUT2D eigenvalue weighted by Crippen LogP contribution is 2.30. The van der Waals surface area contributed by atoms with Gasteiger partial charge in [-0.05, 0) is 18.8 Å². The van der Waals surface area contributed by atoms with E-state index in [9.17, 15) is 0 Å². The van der Waals surface area contributed by atoms with Gasteiger partial charge in [0.1, 0.15) is 0 Å². The minimum atomic E-state index is 0.283. The molecule has 2 heterocycles. The maximum Gasteiger partial charge on any atom is 0.0648 e. The molecule has 2 atom stereocenters. The van der Waals surface area contributed by atoms with Gasteiger partial charge in [-0.15, -0.1) is 0 Å². The number of piperazine rings is 1. The number of rotatable bonds is 1. The van der Waals surface area contributed by atoms with Crippen LogP contribution in [0.4, 0.5) is 0 Å². The zero-order valence-corrected chi connectivity index (χ0v) is 11.2. The standard InChI is InChI=1S/C13H26N2O/c1-12(2,3)11-9-15(7-6-14-11)13(4)5-8-16-10-13/h11,14H,5-10H2,1-4H3. The van der Waals surface area contributed by atoms with Gasteiger partial charge in [0.25, 0.3) is 0 Å². The van der Waals surface area contributed by atoms with E-state index in [0.29, 0.717) is 11.5 Å². The van der Waals surface area contributed by atoms with Crippen LogP contribution in [0.1, 0.15) is 34.1 Å². The molecule has 0 radical (unpaired) electrons. The molecule has 0 amide bonds. The SMILES string of the molecule is CC(C)(C)C1CN(C2(C)CCOC2)CCN1. The van der Waals surface area contributed by atoms with Crippen LogP contribution in [-0.2, 0) is 4.74 Å². The zero-order chi connectivity index (χ0) is 11.8. The van der Waals surface area contributed by atoms with Crippen LogP contribution in [0.3, 0.4) is 0 Å². The average Bonchev–Trinajstić information content (AvgIpc) is 2.66. The van der Waals surface area contributed by atoms with Crippen molar-refractivity contribution >= 4 is 0 Å². The highest BCUT2D eigenvalue weighted by molar-refractivity contribution is 4.96. The molecule has 2 rings (SSSR count). The van der Waals surface area contributed by atoms with Crippen LogP contribution in [0.2, 0.25) is 0 Å². The molecule has 0 bridgehead atoms. The molecule has 2 unspecified atom stereocenters. The summed E-state index contributed by atoms with van der Waals surface area (Å²) < 4.78 is 5.57. The van der Waals surface area contributed by atoms with Gasteiger partial charge in [0.15, 0.2) is 0 Å². The molecule has 0 aromatic heterocycles. The second-order valence-corrected chi connectivity index (χ2v) is 6.62. The third-order valence-electron chi connectivity index (χ3n) is 4.18. The molecule has 16 heavy (non-hydrogen) atoms. The Hall–Kier alpha value is -0.120. The summed E-state index contributed by atoms with van der Waals surface area (Å²) in [6.07, 6.45) is 1.18. The second-order valence-electron chi connectivity index (χ2n) is 6.62. The lowest BCUT2D eigenvalue weighted by atomic mass is 9.84. The summed E-state index contributed by atoms with van der Waals surface area (Å²) in [5.74, 6) is 0. The van der Waals surface area contributed by atoms with E-state index in [-0.39, 0.29) is 5.54 Å². The number of hydrogen-bond donors (Lipinski definition) is 1. The zero-order valence-electron chi connectivity index (χ0n) is 11.2. The van der Waals surface area contributed by atoms with Crippen molar-refractivity contribution in [1.29, 1.82) is 0 Å². The molecule has 3 heteroatoms. The summed E-state index contributed by atoms with van der Waals surface area (Å²) in [4.78, 5) is 2.63. The maximum absolute atomic E-state index is 5.57. The summed E-state index contributed by atoms with van der Waals surface area (Å²) in [7, 11) is 0. The van der Waals surface area contributed by atoms with E-state index >= 15 is 0 Å². The Balaban J connectivity index is 2.01. The molecule has 0 aromatic rings. The first-order valence-electron chi connectivity index (χ1n) is 6.48. The van der Waals surface area contributed by atoms with Gasteiger partial charge >= 0.3 is 0 Å². The van der Waals surface area contributed by atoms with Crippen molar-refractivity contribution in [2.24, 2.45) is 5.41 Å². The Bertz CT molecular complexity index is 241. The van der Waals surface area contributed by atoms with E-state index in [2.05, 4.69) is 37.9 Å². The normalized spacial score (nSPS) is 37.9. The predicted molar refractivity (Wildman–Crippen MR) is 66.7 cm³/mol. The van der Waals surface area contributed by atoms with Gasteiger partial charge in [-0.2, -0.15) is 0 Å². The predicted octanol–water partition coefficient (Wildman–Crippen LogP) is 1.49. The molecule has 2 saturated heterocycles. The van der Waals surface area contributed by atoms with Crippen LogP contribution in [-0.4, -0.2) is 49.3 Å². The molecular weight excluding hydrogens is 200 g/mol. The highest BCUT2D eigenvalue weighted by atomic mass is 16.5. The van der Waals surface area contributed by atoms with Gasteiger partial charge in [-0.25, -0.2) is 0 Å². The lowest BCUT2D eigenvalue weighted by molar-refractivity contribution is 0.0338. The Morgan fingerprint density at radius 1 is 1.38 bits per heavy atom. The monoisotopic (exact) mass is 226 g/mol.